The lowest BCUT2D eigenvalue weighted by atomic mass is 9.97. The van der Waals surface area contributed by atoms with Gasteiger partial charge in [0.1, 0.15) is 17.2 Å². The largest absolute Gasteiger partial charge is 0.478 e. The number of hydrogen-bond donors (Lipinski definition) is 4. The number of hydrogen-bond acceptors (Lipinski definition) is 6. The number of carbonyl (C=O) groups is 2. The Morgan fingerprint density at radius 2 is 1.87 bits per heavy atom. The van der Waals surface area contributed by atoms with Gasteiger partial charge in [0.05, 0.1) is 34.1 Å². The third-order valence-electron chi connectivity index (χ3n) is 6.69. The van der Waals surface area contributed by atoms with E-state index in [1.54, 1.807) is 6.07 Å². The fraction of sp³-hybridized carbons (Fsp3) is 0.185. The summed E-state index contributed by atoms with van der Waals surface area (Å²) in [6.07, 6.45) is 1.77. The molecule has 202 valence electrons. The van der Waals surface area contributed by atoms with Gasteiger partial charge in [-0.05, 0) is 78.4 Å². The van der Waals surface area contributed by atoms with E-state index in [-0.39, 0.29) is 51.7 Å². The number of fused-ring (bicyclic) bond motifs is 1. The Kier molecular flexibility index (Phi) is 6.96. The van der Waals surface area contributed by atoms with Crippen molar-refractivity contribution in [3.63, 3.8) is 0 Å². The zero-order valence-electron chi connectivity index (χ0n) is 20.5. The summed E-state index contributed by atoms with van der Waals surface area (Å²) >= 11 is 6.13. The first-order valence-corrected chi connectivity index (χ1v) is 13.4. The molecule has 1 aliphatic rings. The molecule has 1 aliphatic carbocycles. The average molecular weight is 572 g/mol. The normalized spacial score (nSPS) is 13.1. The van der Waals surface area contributed by atoms with Crippen LogP contribution in [-0.2, 0) is 17.4 Å². The fourth-order valence-electron chi connectivity index (χ4n) is 4.60. The van der Waals surface area contributed by atoms with Crippen LogP contribution in [0.25, 0.3) is 22.3 Å². The van der Waals surface area contributed by atoms with E-state index in [0.29, 0.717) is 22.1 Å². The number of thiol groups is 1. The molecule has 0 atom stereocenters. The van der Waals surface area contributed by atoms with Gasteiger partial charge in [0.25, 0.3) is 5.91 Å². The molecule has 0 unspecified atom stereocenters. The van der Waals surface area contributed by atoms with Crippen LogP contribution in [-0.4, -0.2) is 32.4 Å². The van der Waals surface area contributed by atoms with Crippen molar-refractivity contribution in [1.29, 1.82) is 0 Å². The van der Waals surface area contributed by atoms with E-state index < -0.39 is 22.7 Å². The van der Waals surface area contributed by atoms with Crippen molar-refractivity contribution < 1.29 is 31.9 Å². The van der Waals surface area contributed by atoms with Crippen LogP contribution in [0.4, 0.5) is 15.8 Å². The lowest BCUT2D eigenvalue weighted by molar-refractivity contribution is 0.0697. The SMILES string of the molecule is CNC(=O)c1c(-c2ccc(F)cc2)oc2cc(CN(c3cc(Cl)c(N)c(C(=O)O)c3)[SH](=O)=O)c(C3CC3)cc12. The lowest BCUT2D eigenvalue weighted by Gasteiger charge is -2.21. The van der Waals surface area contributed by atoms with Gasteiger partial charge in [-0.2, -0.15) is 0 Å². The molecule has 1 aromatic heterocycles. The van der Waals surface area contributed by atoms with Gasteiger partial charge in [-0.3, -0.25) is 9.10 Å². The summed E-state index contributed by atoms with van der Waals surface area (Å²) < 4.78 is 45.4. The second-order valence-corrected chi connectivity index (χ2v) is 10.6. The number of amides is 1. The van der Waals surface area contributed by atoms with Crippen LogP contribution in [0.3, 0.4) is 0 Å². The molecule has 9 nitrogen and oxygen atoms in total. The molecule has 4 aromatic rings. The molecule has 1 heterocycles. The van der Waals surface area contributed by atoms with Crippen molar-refractivity contribution in [2.45, 2.75) is 25.3 Å². The maximum Gasteiger partial charge on any atom is 0.337 e. The van der Waals surface area contributed by atoms with Crippen LogP contribution >= 0.6 is 11.6 Å². The molecular formula is C27H23ClFN3O6S. The highest BCUT2D eigenvalue weighted by Gasteiger charge is 2.30. The summed E-state index contributed by atoms with van der Waals surface area (Å²) in [4.78, 5) is 24.6. The second-order valence-electron chi connectivity index (χ2n) is 9.20. The van der Waals surface area contributed by atoms with Crippen LogP contribution in [0.5, 0.6) is 0 Å². The van der Waals surface area contributed by atoms with Gasteiger partial charge in [-0.25, -0.2) is 17.6 Å². The van der Waals surface area contributed by atoms with Gasteiger partial charge in [-0.15, -0.1) is 0 Å². The van der Waals surface area contributed by atoms with Gasteiger partial charge in [0.15, 0.2) is 0 Å². The third-order valence-corrected chi connectivity index (χ3v) is 7.77. The molecule has 0 aliphatic heterocycles. The van der Waals surface area contributed by atoms with Crippen molar-refractivity contribution in [2.75, 3.05) is 17.1 Å². The molecule has 39 heavy (non-hydrogen) atoms. The number of carbonyl (C=O) groups excluding carboxylic acids is 1. The number of aromatic carboxylic acids is 1. The quantitative estimate of drug-likeness (QED) is 0.173. The number of furan rings is 1. The summed E-state index contributed by atoms with van der Waals surface area (Å²) in [5.74, 6) is -1.75. The Morgan fingerprint density at radius 3 is 2.46 bits per heavy atom. The molecule has 1 saturated carbocycles. The average Bonchev–Trinajstić information content (AvgIpc) is 3.68. The van der Waals surface area contributed by atoms with Gasteiger partial charge in [-0.1, -0.05) is 11.6 Å². The predicted octanol–water partition coefficient (Wildman–Crippen LogP) is 4.94. The highest BCUT2D eigenvalue weighted by Crippen LogP contribution is 2.45. The van der Waals surface area contributed by atoms with E-state index >= 15 is 0 Å². The van der Waals surface area contributed by atoms with Crippen LogP contribution in [0.2, 0.25) is 5.02 Å². The van der Waals surface area contributed by atoms with E-state index in [4.69, 9.17) is 21.8 Å². The van der Waals surface area contributed by atoms with Gasteiger partial charge in [0.2, 0.25) is 10.9 Å². The van der Waals surface area contributed by atoms with E-state index in [1.165, 1.54) is 37.4 Å². The molecule has 0 spiro atoms. The van der Waals surface area contributed by atoms with Gasteiger partial charge >= 0.3 is 5.97 Å². The van der Waals surface area contributed by atoms with Crippen molar-refractivity contribution in [1.82, 2.24) is 5.32 Å². The van der Waals surface area contributed by atoms with Crippen LogP contribution < -0.4 is 15.4 Å². The minimum atomic E-state index is -3.21. The third kappa shape index (κ3) is 5.02. The minimum absolute atomic E-state index is 0.0436. The Balaban J connectivity index is 1.67. The van der Waals surface area contributed by atoms with Crippen molar-refractivity contribution in [3.05, 3.63) is 81.6 Å². The molecule has 0 bridgehead atoms. The maximum absolute atomic E-state index is 13.6. The first-order valence-electron chi connectivity index (χ1n) is 11.9. The number of anilines is 2. The number of rotatable bonds is 8. The summed E-state index contributed by atoms with van der Waals surface area (Å²) in [5.41, 5.74) is 7.94. The smallest absolute Gasteiger partial charge is 0.337 e. The standard InChI is InChI=1S/C27H23ClFN3O6S/c1-31-26(33)23-19-11-18(13-2-3-13)15(8-22(19)38-25(23)14-4-6-16(29)7-5-14)12-32(39(36)37)17-9-20(27(34)35)24(30)21(28)10-17/h4-11,13,39H,2-3,12,30H2,1H3,(H,31,33)(H,34,35). The van der Waals surface area contributed by atoms with Gasteiger partial charge < -0.3 is 20.6 Å². The fourth-order valence-corrected chi connectivity index (χ4v) is 5.39. The molecule has 3 aromatic carbocycles. The highest BCUT2D eigenvalue weighted by atomic mass is 35.5. The Morgan fingerprint density at radius 1 is 1.18 bits per heavy atom. The number of carboxylic acids is 1. The predicted molar refractivity (Wildman–Crippen MR) is 146 cm³/mol. The molecule has 4 N–H and O–H groups in total. The van der Waals surface area contributed by atoms with Crippen LogP contribution in [0, 0.1) is 5.82 Å². The van der Waals surface area contributed by atoms with Crippen LogP contribution in [0.15, 0.2) is 52.9 Å². The van der Waals surface area contributed by atoms with E-state index in [9.17, 15) is 27.5 Å². The number of nitrogens with zero attached hydrogens (tertiary/aromatic N) is 1. The molecular weight excluding hydrogens is 549 g/mol. The van der Waals surface area contributed by atoms with E-state index in [0.717, 1.165) is 28.8 Å². The second kappa shape index (κ2) is 10.2. The zero-order valence-corrected chi connectivity index (χ0v) is 22.2. The lowest BCUT2D eigenvalue weighted by Crippen LogP contribution is -2.22. The Hall–Kier alpha value is -4.09. The van der Waals surface area contributed by atoms with Gasteiger partial charge in [0, 0.05) is 18.0 Å². The monoisotopic (exact) mass is 571 g/mol. The van der Waals surface area contributed by atoms with E-state index in [2.05, 4.69) is 5.32 Å². The number of nitrogens with one attached hydrogen (secondary N) is 1. The maximum atomic E-state index is 13.6. The Labute approximate surface area is 229 Å². The zero-order chi connectivity index (χ0) is 28.0. The highest BCUT2D eigenvalue weighted by molar-refractivity contribution is 7.74. The molecule has 0 saturated heterocycles. The summed E-state index contributed by atoms with van der Waals surface area (Å²) in [6, 6.07) is 11.5. The van der Waals surface area contributed by atoms with Crippen molar-refractivity contribution >= 4 is 56.7 Å². The first kappa shape index (κ1) is 26.5. The first-order chi connectivity index (χ1) is 18.6. The Bertz CT molecular complexity index is 1710. The van der Waals surface area contributed by atoms with Crippen molar-refractivity contribution in [3.8, 4) is 11.3 Å². The van der Waals surface area contributed by atoms with Crippen LogP contribution in [0.1, 0.15) is 50.6 Å². The number of halogens is 2. The summed E-state index contributed by atoms with van der Waals surface area (Å²) in [6.45, 7) is -0.137. The summed E-state index contributed by atoms with van der Waals surface area (Å²) in [5, 5.41) is 12.6. The molecule has 12 heteroatoms. The minimum Gasteiger partial charge on any atom is -0.478 e. The molecule has 1 amide bonds. The number of nitrogens with two attached hydrogens (primary N) is 1. The van der Waals surface area contributed by atoms with E-state index in [1.807, 2.05) is 6.07 Å². The molecule has 0 radical (unpaired) electrons. The number of nitrogen functional groups attached to an aromatic ring is 1. The van der Waals surface area contributed by atoms with Crippen molar-refractivity contribution in [2.24, 2.45) is 0 Å². The number of benzene rings is 3. The molecule has 5 rings (SSSR count). The topological polar surface area (TPSA) is 143 Å². The summed E-state index contributed by atoms with van der Waals surface area (Å²) in [7, 11) is -1.72. The molecule has 1 fully saturated rings. The number of carboxylic acid groups (broad SMARTS) is 1.